The van der Waals surface area contributed by atoms with E-state index < -0.39 is 11.9 Å². The molecule has 1 heterocycles. The summed E-state index contributed by atoms with van der Waals surface area (Å²) < 4.78 is 11.9. The molecule has 5 heteroatoms. The van der Waals surface area contributed by atoms with Gasteiger partial charge in [0.15, 0.2) is 0 Å². The van der Waals surface area contributed by atoms with Crippen molar-refractivity contribution in [1.82, 2.24) is 0 Å². The molecule has 1 aliphatic rings. The maximum absolute atomic E-state index is 13.0. The quantitative estimate of drug-likeness (QED) is 0.365. The van der Waals surface area contributed by atoms with Gasteiger partial charge in [0, 0.05) is 11.6 Å². The zero-order chi connectivity index (χ0) is 23.0. The lowest BCUT2D eigenvalue weighted by Crippen LogP contribution is -2.42. The molecule has 0 saturated heterocycles. The first-order valence-corrected chi connectivity index (χ1v) is 10.5. The largest absolute Gasteiger partial charge is 0.487 e. The number of ether oxygens (including phenoxy) is 2. The molecule has 1 aliphatic heterocycles. The molecular weight excluding hydrogens is 392 g/mol. The Labute approximate surface area is 183 Å². The molecule has 0 aromatic heterocycles. The number of hydrogen-bond acceptors (Lipinski definition) is 4. The molecule has 3 rings (SSSR count). The highest BCUT2D eigenvalue weighted by Gasteiger charge is 2.41. The van der Waals surface area contributed by atoms with Gasteiger partial charge in [-0.3, -0.25) is 0 Å². The van der Waals surface area contributed by atoms with Crippen LogP contribution in [0.25, 0.3) is 6.08 Å². The van der Waals surface area contributed by atoms with Crippen LogP contribution in [0.4, 0.5) is 0 Å². The second-order valence-corrected chi connectivity index (χ2v) is 9.65. The van der Waals surface area contributed by atoms with Crippen LogP contribution in [0.1, 0.15) is 80.9 Å². The van der Waals surface area contributed by atoms with E-state index in [1.165, 1.54) is 6.08 Å². The van der Waals surface area contributed by atoms with Crippen molar-refractivity contribution in [3.05, 3.63) is 64.7 Å². The predicted octanol–water partition coefficient (Wildman–Crippen LogP) is 5.97. The molecule has 31 heavy (non-hydrogen) atoms. The number of benzene rings is 2. The van der Waals surface area contributed by atoms with E-state index in [2.05, 4.69) is 41.5 Å². The minimum absolute atomic E-state index is 0.144. The average Bonchev–Trinajstić information content (AvgIpc) is 2.65. The third-order valence-corrected chi connectivity index (χ3v) is 5.46. The van der Waals surface area contributed by atoms with Crippen LogP contribution in [0.2, 0.25) is 0 Å². The Kier molecular flexibility index (Phi) is 5.99. The van der Waals surface area contributed by atoms with Crippen LogP contribution in [-0.4, -0.2) is 22.6 Å². The SMILES string of the molecule is CC(C)c1cc(C(=O)Oc2ccc(C=CC(=O)O)cc2)cc2c1OC(C)(C)CC2(C)C. The minimum atomic E-state index is -1.01. The van der Waals surface area contributed by atoms with Crippen molar-refractivity contribution in [2.75, 3.05) is 0 Å². The molecule has 0 radical (unpaired) electrons. The fourth-order valence-corrected chi connectivity index (χ4v) is 4.27. The number of carbonyl (C=O) groups is 2. The van der Waals surface area contributed by atoms with Gasteiger partial charge >= 0.3 is 11.9 Å². The summed E-state index contributed by atoms with van der Waals surface area (Å²) in [6.07, 6.45) is 3.39. The Bertz CT molecular complexity index is 1030. The second kappa shape index (κ2) is 8.22. The summed E-state index contributed by atoms with van der Waals surface area (Å²) in [5.41, 5.74) is 2.81. The number of rotatable bonds is 5. The fourth-order valence-electron chi connectivity index (χ4n) is 4.27. The molecule has 5 nitrogen and oxygen atoms in total. The van der Waals surface area contributed by atoms with Gasteiger partial charge in [0.25, 0.3) is 0 Å². The number of carboxylic acid groups (broad SMARTS) is 1. The topological polar surface area (TPSA) is 72.8 Å². The van der Waals surface area contributed by atoms with Crippen LogP contribution >= 0.6 is 0 Å². The molecule has 0 unspecified atom stereocenters. The number of carbonyl (C=O) groups excluding carboxylic acids is 1. The predicted molar refractivity (Wildman–Crippen MR) is 121 cm³/mol. The first-order valence-electron chi connectivity index (χ1n) is 10.5. The van der Waals surface area contributed by atoms with Crippen molar-refractivity contribution >= 4 is 18.0 Å². The normalized spacial score (nSPS) is 16.6. The van der Waals surface area contributed by atoms with E-state index in [0.717, 1.165) is 29.4 Å². The van der Waals surface area contributed by atoms with Crippen LogP contribution in [0.3, 0.4) is 0 Å². The first-order chi connectivity index (χ1) is 14.4. The number of esters is 1. The summed E-state index contributed by atoms with van der Waals surface area (Å²) in [7, 11) is 0. The van der Waals surface area contributed by atoms with Gasteiger partial charge in [-0.25, -0.2) is 9.59 Å². The second-order valence-electron chi connectivity index (χ2n) is 9.65. The molecular formula is C26H30O5. The number of carboxylic acids is 1. The van der Waals surface area contributed by atoms with Gasteiger partial charge in [-0.1, -0.05) is 39.8 Å². The van der Waals surface area contributed by atoms with E-state index in [4.69, 9.17) is 14.6 Å². The van der Waals surface area contributed by atoms with Crippen molar-refractivity contribution < 1.29 is 24.2 Å². The van der Waals surface area contributed by atoms with Gasteiger partial charge in [0.1, 0.15) is 17.1 Å². The van der Waals surface area contributed by atoms with Gasteiger partial charge in [0.05, 0.1) is 5.56 Å². The first kappa shape index (κ1) is 22.6. The molecule has 164 valence electrons. The Morgan fingerprint density at radius 3 is 2.32 bits per heavy atom. The monoisotopic (exact) mass is 422 g/mol. The van der Waals surface area contributed by atoms with Gasteiger partial charge in [-0.05, 0) is 73.1 Å². The molecule has 2 aromatic carbocycles. The van der Waals surface area contributed by atoms with Crippen LogP contribution in [0.15, 0.2) is 42.5 Å². The molecule has 0 saturated carbocycles. The van der Waals surface area contributed by atoms with Gasteiger partial charge in [0.2, 0.25) is 0 Å². The Morgan fingerprint density at radius 1 is 1.10 bits per heavy atom. The summed E-state index contributed by atoms with van der Waals surface area (Å²) in [6, 6.07) is 10.5. The number of hydrogen-bond donors (Lipinski definition) is 1. The molecule has 0 amide bonds. The van der Waals surface area contributed by atoms with E-state index in [1.54, 1.807) is 24.3 Å². The van der Waals surface area contributed by atoms with Crippen molar-refractivity contribution in [3.63, 3.8) is 0 Å². The fraction of sp³-hybridized carbons (Fsp3) is 0.385. The highest BCUT2D eigenvalue weighted by Crippen LogP contribution is 2.48. The van der Waals surface area contributed by atoms with Crippen molar-refractivity contribution in [2.45, 2.75) is 64.9 Å². The lowest BCUT2D eigenvalue weighted by molar-refractivity contribution is -0.131. The van der Waals surface area contributed by atoms with E-state index in [0.29, 0.717) is 16.9 Å². The maximum Gasteiger partial charge on any atom is 0.343 e. The summed E-state index contributed by atoms with van der Waals surface area (Å²) in [5.74, 6) is 0.0186. The highest BCUT2D eigenvalue weighted by molar-refractivity contribution is 5.92. The molecule has 0 aliphatic carbocycles. The zero-order valence-corrected chi connectivity index (χ0v) is 19.0. The van der Waals surface area contributed by atoms with Crippen LogP contribution in [-0.2, 0) is 10.2 Å². The number of aliphatic carboxylic acids is 1. The van der Waals surface area contributed by atoms with Crippen molar-refractivity contribution in [1.29, 1.82) is 0 Å². The average molecular weight is 423 g/mol. The molecule has 0 spiro atoms. The van der Waals surface area contributed by atoms with Crippen LogP contribution in [0, 0.1) is 0 Å². The lowest BCUT2D eigenvalue weighted by Gasteiger charge is -2.43. The van der Waals surface area contributed by atoms with Gasteiger partial charge in [-0.15, -0.1) is 0 Å². The molecule has 0 fully saturated rings. The Hall–Kier alpha value is -3.08. The van der Waals surface area contributed by atoms with Gasteiger partial charge < -0.3 is 14.6 Å². The van der Waals surface area contributed by atoms with E-state index >= 15 is 0 Å². The highest BCUT2D eigenvalue weighted by atomic mass is 16.5. The summed E-state index contributed by atoms with van der Waals surface area (Å²) in [5, 5.41) is 8.72. The Morgan fingerprint density at radius 2 is 1.74 bits per heavy atom. The zero-order valence-electron chi connectivity index (χ0n) is 19.0. The van der Waals surface area contributed by atoms with E-state index in [1.807, 2.05) is 12.1 Å². The Balaban J connectivity index is 1.92. The van der Waals surface area contributed by atoms with Crippen molar-refractivity contribution in [2.24, 2.45) is 0 Å². The summed E-state index contributed by atoms with van der Waals surface area (Å²) in [6.45, 7) is 12.7. The number of fused-ring (bicyclic) bond motifs is 1. The third-order valence-electron chi connectivity index (χ3n) is 5.46. The van der Waals surface area contributed by atoms with Crippen LogP contribution < -0.4 is 9.47 Å². The third kappa shape index (κ3) is 5.16. The maximum atomic E-state index is 13.0. The van der Waals surface area contributed by atoms with E-state index in [9.17, 15) is 9.59 Å². The minimum Gasteiger partial charge on any atom is -0.487 e. The summed E-state index contributed by atoms with van der Waals surface area (Å²) in [4.78, 5) is 23.6. The molecule has 1 N–H and O–H groups in total. The summed E-state index contributed by atoms with van der Waals surface area (Å²) >= 11 is 0. The molecule has 2 aromatic rings. The van der Waals surface area contributed by atoms with Crippen molar-refractivity contribution in [3.8, 4) is 11.5 Å². The lowest BCUT2D eigenvalue weighted by atomic mass is 9.72. The standard InChI is InChI=1S/C26H30O5/c1-16(2)20-13-18(14-21-23(20)31-26(5,6)15-25(21,3)4)24(29)30-19-10-7-17(8-11-19)9-12-22(27)28/h7-14,16H,15H2,1-6H3,(H,27,28). The molecule has 0 bridgehead atoms. The van der Waals surface area contributed by atoms with Gasteiger partial charge in [-0.2, -0.15) is 0 Å². The van der Waals surface area contributed by atoms with E-state index in [-0.39, 0.29) is 16.9 Å². The van der Waals surface area contributed by atoms with Crippen LogP contribution in [0.5, 0.6) is 11.5 Å². The molecule has 0 atom stereocenters. The smallest absolute Gasteiger partial charge is 0.343 e.